The number of rotatable bonds is 5. The van der Waals surface area contributed by atoms with Gasteiger partial charge in [-0.05, 0) is 51.4 Å². The standard InChI is InChI=1S/C25H41N5O2/c1-28-22-9-8-20(18-21(22)23(27-28)24(31)29-12-6-3-7-13-29)26-19-25(10-4-2-5-11-25)30-14-16-32-17-15-30/h20,26H,2-19H2,1H3. The van der Waals surface area contributed by atoms with Crippen molar-refractivity contribution in [3.63, 3.8) is 0 Å². The molecule has 7 nitrogen and oxygen atoms in total. The van der Waals surface area contributed by atoms with Crippen molar-refractivity contribution >= 4 is 5.91 Å². The second kappa shape index (κ2) is 9.82. The van der Waals surface area contributed by atoms with Crippen molar-refractivity contribution in [1.29, 1.82) is 0 Å². The second-order valence-corrected chi connectivity index (χ2v) is 10.5. The molecule has 3 heterocycles. The molecular weight excluding hydrogens is 402 g/mol. The first-order valence-corrected chi connectivity index (χ1v) is 13.1. The first-order chi connectivity index (χ1) is 15.7. The summed E-state index contributed by atoms with van der Waals surface area (Å²) in [6, 6.07) is 0.430. The van der Waals surface area contributed by atoms with Gasteiger partial charge >= 0.3 is 0 Å². The number of morpholine rings is 1. The van der Waals surface area contributed by atoms with Crippen molar-refractivity contribution in [3.05, 3.63) is 17.0 Å². The van der Waals surface area contributed by atoms with E-state index in [0.29, 0.717) is 6.04 Å². The van der Waals surface area contributed by atoms with Crippen LogP contribution in [0.2, 0.25) is 0 Å². The summed E-state index contributed by atoms with van der Waals surface area (Å²) in [7, 11) is 2.01. The zero-order valence-electron chi connectivity index (χ0n) is 19.9. The van der Waals surface area contributed by atoms with E-state index in [1.807, 2.05) is 16.6 Å². The molecule has 178 valence electrons. The summed E-state index contributed by atoms with van der Waals surface area (Å²) in [6.07, 6.45) is 13.2. The number of nitrogens with zero attached hydrogens (tertiary/aromatic N) is 4. The normalized spacial score (nSPS) is 26.7. The molecule has 1 unspecified atom stereocenters. The van der Waals surface area contributed by atoms with E-state index >= 15 is 0 Å². The van der Waals surface area contributed by atoms with Crippen LogP contribution in [0.15, 0.2) is 0 Å². The predicted octanol–water partition coefficient (Wildman–Crippen LogP) is 2.53. The van der Waals surface area contributed by atoms with Gasteiger partial charge in [0.2, 0.25) is 0 Å². The number of fused-ring (bicyclic) bond motifs is 1. The molecule has 0 aromatic carbocycles. The van der Waals surface area contributed by atoms with E-state index in [9.17, 15) is 4.79 Å². The van der Waals surface area contributed by atoms with Gasteiger partial charge in [0.05, 0.1) is 13.2 Å². The first-order valence-electron chi connectivity index (χ1n) is 13.1. The molecule has 32 heavy (non-hydrogen) atoms. The molecule has 1 atom stereocenters. The van der Waals surface area contributed by atoms with E-state index in [0.717, 1.165) is 83.7 Å². The van der Waals surface area contributed by atoms with Crippen molar-refractivity contribution in [3.8, 4) is 0 Å². The number of aryl methyl sites for hydroxylation is 1. The van der Waals surface area contributed by atoms with Crippen LogP contribution in [0.4, 0.5) is 0 Å². The third-order valence-corrected chi connectivity index (χ3v) is 8.49. The van der Waals surface area contributed by atoms with Crippen LogP contribution in [-0.4, -0.2) is 83.0 Å². The Balaban J connectivity index is 1.28. The number of amides is 1. The van der Waals surface area contributed by atoms with Crippen molar-refractivity contribution in [2.24, 2.45) is 7.05 Å². The van der Waals surface area contributed by atoms with Crippen LogP contribution in [0, 0.1) is 0 Å². The van der Waals surface area contributed by atoms with Gasteiger partial charge in [-0.1, -0.05) is 19.3 Å². The molecule has 0 bridgehead atoms. The fourth-order valence-corrected chi connectivity index (χ4v) is 6.57. The largest absolute Gasteiger partial charge is 0.379 e. The van der Waals surface area contributed by atoms with Crippen molar-refractivity contribution in [1.82, 2.24) is 24.9 Å². The number of hydrogen-bond acceptors (Lipinski definition) is 5. The van der Waals surface area contributed by atoms with Crippen LogP contribution in [-0.2, 0) is 24.6 Å². The molecule has 1 saturated carbocycles. The second-order valence-electron chi connectivity index (χ2n) is 10.5. The number of piperidine rings is 1. The lowest BCUT2D eigenvalue weighted by Gasteiger charge is -2.49. The maximum Gasteiger partial charge on any atom is 0.274 e. The van der Waals surface area contributed by atoms with Gasteiger partial charge < -0.3 is 15.0 Å². The molecule has 4 aliphatic rings. The molecule has 1 aromatic rings. The summed E-state index contributed by atoms with van der Waals surface area (Å²) >= 11 is 0. The molecule has 1 N–H and O–H groups in total. The Morgan fingerprint density at radius 1 is 1.06 bits per heavy atom. The molecule has 2 aliphatic heterocycles. The minimum absolute atomic E-state index is 0.152. The molecule has 0 spiro atoms. The number of carbonyl (C=O) groups is 1. The Bertz CT molecular complexity index is 788. The lowest BCUT2D eigenvalue weighted by atomic mass is 9.79. The highest BCUT2D eigenvalue weighted by Gasteiger charge is 2.39. The summed E-state index contributed by atoms with van der Waals surface area (Å²) in [5.74, 6) is 0.152. The molecule has 1 aromatic heterocycles. The molecular formula is C25H41N5O2. The van der Waals surface area contributed by atoms with Gasteiger partial charge in [-0.25, -0.2) is 0 Å². The lowest BCUT2D eigenvalue weighted by molar-refractivity contribution is -0.0378. The number of nitrogens with one attached hydrogen (secondary N) is 1. The van der Waals surface area contributed by atoms with Gasteiger partial charge in [0.1, 0.15) is 0 Å². The van der Waals surface area contributed by atoms with Gasteiger partial charge in [-0.3, -0.25) is 14.4 Å². The number of carbonyl (C=O) groups excluding carboxylic acids is 1. The third kappa shape index (κ3) is 4.48. The van der Waals surface area contributed by atoms with E-state index in [-0.39, 0.29) is 11.4 Å². The van der Waals surface area contributed by atoms with E-state index in [1.54, 1.807) is 0 Å². The van der Waals surface area contributed by atoms with Crippen LogP contribution in [0.5, 0.6) is 0 Å². The highest BCUT2D eigenvalue weighted by Crippen LogP contribution is 2.34. The maximum absolute atomic E-state index is 13.3. The lowest BCUT2D eigenvalue weighted by Crippen LogP contribution is -2.60. The van der Waals surface area contributed by atoms with Gasteiger partial charge in [0, 0.05) is 62.6 Å². The predicted molar refractivity (Wildman–Crippen MR) is 125 cm³/mol. The highest BCUT2D eigenvalue weighted by atomic mass is 16.5. The summed E-state index contributed by atoms with van der Waals surface area (Å²) in [5.41, 5.74) is 3.47. The number of likely N-dealkylation sites (tertiary alicyclic amines) is 1. The van der Waals surface area contributed by atoms with Crippen LogP contribution in [0.25, 0.3) is 0 Å². The molecule has 1 amide bonds. The topological polar surface area (TPSA) is 62.6 Å². The average Bonchev–Trinajstić information content (AvgIpc) is 3.19. The van der Waals surface area contributed by atoms with E-state index in [1.165, 1.54) is 49.8 Å². The van der Waals surface area contributed by atoms with Crippen molar-refractivity contribution in [2.75, 3.05) is 45.9 Å². The number of hydrogen-bond donors (Lipinski definition) is 1. The molecule has 3 fully saturated rings. The Hall–Kier alpha value is -1.44. The molecule has 0 radical (unpaired) electrons. The summed E-state index contributed by atoms with van der Waals surface area (Å²) in [6.45, 7) is 6.68. The van der Waals surface area contributed by atoms with E-state index in [2.05, 4.69) is 10.2 Å². The van der Waals surface area contributed by atoms with Crippen LogP contribution >= 0.6 is 0 Å². The molecule has 7 heteroatoms. The van der Waals surface area contributed by atoms with Crippen molar-refractivity contribution < 1.29 is 9.53 Å². The van der Waals surface area contributed by atoms with Crippen molar-refractivity contribution in [2.45, 2.75) is 82.2 Å². The van der Waals surface area contributed by atoms with E-state index in [4.69, 9.17) is 9.84 Å². The average molecular weight is 444 g/mol. The van der Waals surface area contributed by atoms with Crippen LogP contribution < -0.4 is 5.32 Å². The Morgan fingerprint density at radius 3 is 2.53 bits per heavy atom. The Morgan fingerprint density at radius 2 is 1.78 bits per heavy atom. The summed E-state index contributed by atoms with van der Waals surface area (Å²) in [4.78, 5) is 18.0. The maximum atomic E-state index is 13.3. The minimum Gasteiger partial charge on any atom is -0.379 e. The summed E-state index contributed by atoms with van der Waals surface area (Å²) < 4.78 is 7.62. The summed E-state index contributed by atoms with van der Waals surface area (Å²) in [5, 5.41) is 8.70. The van der Waals surface area contributed by atoms with Crippen LogP contribution in [0.1, 0.15) is 79.5 Å². The fourth-order valence-electron chi connectivity index (χ4n) is 6.57. The zero-order chi connectivity index (χ0) is 22.0. The van der Waals surface area contributed by atoms with E-state index < -0.39 is 0 Å². The smallest absolute Gasteiger partial charge is 0.274 e. The minimum atomic E-state index is 0.152. The molecule has 5 rings (SSSR count). The zero-order valence-corrected chi connectivity index (χ0v) is 19.9. The first kappa shape index (κ1) is 22.4. The van der Waals surface area contributed by atoms with Gasteiger partial charge in [-0.2, -0.15) is 5.10 Å². The fraction of sp³-hybridized carbons (Fsp3) is 0.840. The number of ether oxygens (including phenoxy) is 1. The Kier molecular flexibility index (Phi) is 6.86. The quantitative estimate of drug-likeness (QED) is 0.758. The molecule has 2 aliphatic carbocycles. The van der Waals surface area contributed by atoms with Gasteiger partial charge in [0.25, 0.3) is 5.91 Å². The van der Waals surface area contributed by atoms with Gasteiger partial charge in [0.15, 0.2) is 5.69 Å². The highest BCUT2D eigenvalue weighted by molar-refractivity contribution is 5.94. The van der Waals surface area contributed by atoms with Crippen LogP contribution in [0.3, 0.4) is 0 Å². The number of aromatic nitrogens is 2. The monoisotopic (exact) mass is 443 g/mol. The molecule has 2 saturated heterocycles. The Labute approximate surface area is 192 Å². The third-order valence-electron chi connectivity index (χ3n) is 8.49. The van der Waals surface area contributed by atoms with Gasteiger partial charge in [-0.15, -0.1) is 0 Å². The SMILES string of the molecule is Cn1nc(C(=O)N2CCCCC2)c2c1CCC(NCC1(N3CCOCC3)CCCCC1)C2.